The minimum Gasteiger partial charge on any atom is -0.386 e. The first kappa shape index (κ1) is 30.3. The number of hydrogen-bond donors (Lipinski definition) is 3. The quantitative estimate of drug-likeness (QED) is 0.231. The van der Waals surface area contributed by atoms with Crippen molar-refractivity contribution >= 4 is 15.7 Å². The summed E-state index contributed by atoms with van der Waals surface area (Å²) in [5.41, 5.74) is 8.80. The molecule has 0 spiro atoms. The van der Waals surface area contributed by atoms with Gasteiger partial charge in [-0.3, -0.25) is 5.32 Å². The van der Waals surface area contributed by atoms with E-state index < -0.39 is 17.2 Å². The summed E-state index contributed by atoms with van der Waals surface area (Å²) in [5, 5.41) is 3.12. The monoisotopic (exact) mass is 496 g/mol. The van der Waals surface area contributed by atoms with Crippen molar-refractivity contribution in [2.75, 3.05) is 61.8 Å². The maximum atomic E-state index is 6.03. The normalized spacial score (nSPS) is 40.2. The molecule has 0 saturated carbocycles. The Balaban J connectivity index is 0.000000231. The molecule has 4 heterocycles. The molecule has 4 saturated heterocycles. The number of hydrogen-bond acceptors (Lipinski definition) is 10. The molecule has 4 aliphatic heterocycles. The summed E-state index contributed by atoms with van der Waals surface area (Å²) in [6.45, 7) is 9.97. The highest BCUT2D eigenvalue weighted by molar-refractivity contribution is 6.12. The molecule has 0 amide bonds. The van der Waals surface area contributed by atoms with E-state index in [1.807, 2.05) is 25.8 Å². The molecule has 5 unspecified atom stereocenters. The van der Waals surface area contributed by atoms with E-state index in [4.69, 9.17) is 49.8 Å². The minimum absolute atomic E-state index is 0.00803. The van der Waals surface area contributed by atoms with Gasteiger partial charge in [0.2, 0.25) is 0 Å². The molecule has 35 heavy (non-hydrogen) atoms. The predicted molar refractivity (Wildman–Crippen MR) is 133 cm³/mol. The summed E-state index contributed by atoms with van der Waals surface area (Å²) in [5.74, 6) is 0.490. The van der Waals surface area contributed by atoms with E-state index in [9.17, 15) is 0 Å². The number of fused-ring (bicyclic) bond motifs is 4. The molecular weight excluding hydrogens is 452 g/mol. The van der Waals surface area contributed by atoms with Crippen LogP contribution in [0.3, 0.4) is 0 Å². The van der Waals surface area contributed by atoms with Crippen LogP contribution in [0.25, 0.3) is 0 Å². The van der Waals surface area contributed by atoms with E-state index in [2.05, 4.69) is 22.5 Å². The fourth-order valence-corrected chi connectivity index (χ4v) is 5.85. The molecule has 11 nitrogen and oxygen atoms in total. The van der Waals surface area contributed by atoms with Gasteiger partial charge in [-0.05, 0) is 7.05 Å². The molecule has 4 rings (SSSR count). The van der Waals surface area contributed by atoms with Crippen molar-refractivity contribution in [1.82, 2.24) is 15.1 Å². The molecule has 0 aromatic rings. The Labute approximate surface area is 212 Å². The summed E-state index contributed by atoms with van der Waals surface area (Å²) < 4.78 is 33.1. The van der Waals surface area contributed by atoms with Gasteiger partial charge in [0.25, 0.3) is 0 Å². The van der Waals surface area contributed by atoms with Crippen molar-refractivity contribution in [3.05, 3.63) is 12.4 Å². The van der Waals surface area contributed by atoms with E-state index in [-0.39, 0.29) is 36.6 Å². The van der Waals surface area contributed by atoms with E-state index >= 15 is 0 Å². The Hall–Kier alpha value is -0.890. The Morgan fingerprint density at radius 3 is 1.91 bits per heavy atom. The Morgan fingerprint density at radius 1 is 1.03 bits per heavy atom. The van der Waals surface area contributed by atoms with Gasteiger partial charge in [0.05, 0.1) is 37.7 Å². The second kappa shape index (κ2) is 12.6. The highest BCUT2D eigenvalue weighted by atomic mass is 16.6. The van der Waals surface area contributed by atoms with Crippen LogP contribution in [-0.2, 0) is 28.4 Å². The molecule has 198 valence electrons. The number of quaternary nitrogens is 1. The van der Waals surface area contributed by atoms with Crippen molar-refractivity contribution in [2.45, 2.75) is 67.6 Å². The molecule has 13 heteroatoms. The SMILES string of the molecule is CC.[B][C@@H]1O[C@@]2(COC)CN(C(=C)N)C1C2OC.[B][C@@H]1O[C@@]2(COC)CN(C([NH3+])NC)C1C2OC. The van der Waals surface area contributed by atoms with Crippen LogP contribution in [0, 0.1) is 0 Å². The number of likely N-dealkylation sites (tertiary alicyclic amines) is 2. The summed E-state index contributed by atoms with van der Waals surface area (Å²) in [6.07, 6.45) is -0.218. The van der Waals surface area contributed by atoms with Gasteiger partial charge in [0, 0.05) is 47.0 Å². The van der Waals surface area contributed by atoms with Gasteiger partial charge in [0.15, 0.2) is 6.29 Å². The van der Waals surface area contributed by atoms with E-state index in [1.165, 1.54) is 0 Å². The largest absolute Gasteiger partial charge is 0.386 e. The van der Waals surface area contributed by atoms with Crippen molar-refractivity contribution in [3.63, 3.8) is 0 Å². The maximum Gasteiger partial charge on any atom is 0.198 e. The predicted octanol–water partition coefficient (Wildman–Crippen LogP) is -2.61. The fraction of sp³-hybridized carbons (Fsp3) is 0.909. The smallest absolute Gasteiger partial charge is 0.198 e. The molecule has 6 N–H and O–H groups in total. The summed E-state index contributed by atoms with van der Waals surface area (Å²) in [7, 11) is 20.5. The van der Waals surface area contributed by atoms with Gasteiger partial charge >= 0.3 is 0 Å². The number of nitrogens with one attached hydrogen (secondary N) is 1. The van der Waals surface area contributed by atoms with Gasteiger partial charge in [-0.1, -0.05) is 20.4 Å². The molecule has 0 aliphatic carbocycles. The van der Waals surface area contributed by atoms with Crippen LogP contribution in [0.1, 0.15) is 13.8 Å². The summed E-state index contributed by atoms with van der Waals surface area (Å²) in [6, 6.07) is -0.849. The van der Waals surface area contributed by atoms with Crippen LogP contribution >= 0.6 is 0 Å². The zero-order valence-electron chi connectivity index (χ0n) is 22.4. The minimum atomic E-state index is -0.532. The second-order valence-corrected chi connectivity index (χ2v) is 9.05. The summed E-state index contributed by atoms with van der Waals surface area (Å²) >= 11 is 0. The molecule has 4 bridgehead atoms. The lowest BCUT2D eigenvalue weighted by Gasteiger charge is -2.36. The lowest BCUT2D eigenvalue weighted by molar-refractivity contribution is -0.471. The number of rotatable bonds is 9. The van der Waals surface area contributed by atoms with E-state index in [0.717, 1.165) is 0 Å². The topological polar surface area (TPSA) is 128 Å². The Bertz CT molecular complexity index is 699. The van der Waals surface area contributed by atoms with E-state index in [0.29, 0.717) is 32.1 Å². The summed E-state index contributed by atoms with van der Waals surface area (Å²) in [4.78, 5) is 4.11. The molecule has 4 fully saturated rings. The van der Waals surface area contributed by atoms with Crippen LogP contribution in [0.5, 0.6) is 0 Å². The first-order valence-corrected chi connectivity index (χ1v) is 12.0. The average molecular weight is 496 g/mol. The van der Waals surface area contributed by atoms with Crippen LogP contribution in [0.4, 0.5) is 0 Å². The molecule has 4 aliphatic rings. The van der Waals surface area contributed by atoms with Gasteiger partial charge in [-0.15, -0.1) is 0 Å². The molecule has 9 atom stereocenters. The van der Waals surface area contributed by atoms with E-state index in [1.54, 1.807) is 28.4 Å². The number of methoxy groups -OCH3 is 4. The third-order valence-electron chi connectivity index (χ3n) is 7.09. The highest BCUT2D eigenvalue weighted by Crippen LogP contribution is 2.44. The van der Waals surface area contributed by atoms with Crippen molar-refractivity contribution < 1.29 is 34.2 Å². The zero-order chi connectivity index (χ0) is 26.6. The van der Waals surface area contributed by atoms with Crippen LogP contribution in [-0.4, -0.2) is 141 Å². The second-order valence-electron chi connectivity index (χ2n) is 9.05. The average Bonchev–Trinajstić information content (AvgIpc) is 3.50. The highest BCUT2D eigenvalue weighted by Gasteiger charge is 2.64. The van der Waals surface area contributed by atoms with Crippen LogP contribution < -0.4 is 16.8 Å². The number of ether oxygens (including phenoxy) is 6. The van der Waals surface area contributed by atoms with Crippen molar-refractivity contribution in [3.8, 4) is 0 Å². The van der Waals surface area contributed by atoms with Crippen LogP contribution in [0.15, 0.2) is 12.4 Å². The molecule has 4 radical (unpaired) electrons. The van der Waals surface area contributed by atoms with Gasteiger partial charge < -0.3 is 44.8 Å². The standard InChI is InChI=1S/C10H20BN3O3.C10H17BN2O3.C2H6/c1-13-9(12)14-4-10(5-15-2)7(16-3)6(14)8(11)17-10;1-6(12)13-4-10(5-14-2)8(15-3)7(13)9(11)16-10;1-2/h6-9,13H,4-5,12H2,1-3H3;7-9H,1,4-5,12H2,2-3H3;1-2H3/p+1/t6?,7?,8-,9?,10-;7?,8?,9-,10-;/m11./s1. The van der Waals surface area contributed by atoms with Crippen molar-refractivity contribution in [2.24, 2.45) is 5.73 Å². The van der Waals surface area contributed by atoms with Gasteiger partial charge in [0.1, 0.15) is 39.1 Å². The lowest BCUT2D eigenvalue weighted by atomic mass is 9.90. The first-order valence-electron chi connectivity index (χ1n) is 12.0. The molecule has 0 aromatic carbocycles. The molecule has 0 aromatic heterocycles. The zero-order valence-corrected chi connectivity index (χ0v) is 22.4. The fourth-order valence-electron chi connectivity index (χ4n) is 5.85. The van der Waals surface area contributed by atoms with Gasteiger partial charge in [-0.25, -0.2) is 4.90 Å². The maximum absolute atomic E-state index is 6.03. The van der Waals surface area contributed by atoms with Crippen LogP contribution in [0.2, 0.25) is 0 Å². The van der Waals surface area contributed by atoms with Crippen molar-refractivity contribution in [1.29, 1.82) is 0 Å². The number of morpholine rings is 2. The molecular formula is C22H44B2N5O6+. The van der Waals surface area contributed by atoms with Gasteiger partial charge in [-0.2, -0.15) is 0 Å². The Kier molecular flexibility index (Phi) is 10.9. The third kappa shape index (κ3) is 5.39. The number of nitrogens with two attached hydrogens (primary N) is 1. The Morgan fingerprint density at radius 2 is 1.49 bits per heavy atom. The third-order valence-corrected chi connectivity index (χ3v) is 7.09. The first-order chi connectivity index (χ1) is 16.6. The number of nitrogens with zero attached hydrogens (tertiary/aromatic N) is 2. The lowest BCUT2D eigenvalue weighted by Crippen LogP contribution is -2.77.